The summed E-state index contributed by atoms with van der Waals surface area (Å²) in [6.07, 6.45) is 1.72. The molecule has 0 saturated carbocycles. The Bertz CT molecular complexity index is 835. The fourth-order valence-corrected chi connectivity index (χ4v) is 2.76. The Morgan fingerprint density at radius 3 is 2.70 bits per heavy atom. The van der Waals surface area contributed by atoms with Gasteiger partial charge in [-0.1, -0.05) is 25.1 Å². The Kier molecular flexibility index (Phi) is 5.96. The van der Waals surface area contributed by atoms with E-state index >= 15 is 0 Å². The predicted octanol–water partition coefficient (Wildman–Crippen LogP) is 3.51. The lowest BCUT2D eigenvalue weighted by Crippen LogP contribution is -2.32. The fourth-order valence-electron chi connectivity index (χ4n) is 2.76. The van der Waals surface area contributed by atoms with Gasteiger partial charge in [-0.3, -0.25) is 9.59 Å². The second kappa shape index (κ2) is 8.58. The number of anilines is 1. The highest BCUT2D eigenvalue weighted by Crippen LogP contribution is 2.32. The van der Waals surface area contributed by atoms with E-state index in [-0.39, 0.29) is 24.6 Å². The van der Waals surface area contributed by atoms with Crippen LogP contribution in [0.2, 0.25) is 0 Å². The van der Waals surface area contributed by atoms with Gasteiger partial charge in [0.2, 0.25) is 12.7 Å². The van der Waals surface area contributed by atoms with Gasteiger partial charge in [-0.05, 0) is 49.6 Å². The van der Waals surface area contributed by atoms with E-state index in [0.29, 0.717) is 29.8 Å². The molecule has 0 radical (unpaired) electrons. The minimum absolute atomic E-state index is 0.0762. The van der Waals surface area contributed by atoms with Gasteiger partial charge in [-0.15, -0.1) is 0 Å². The summed E-state index contributed by atoms with van der Waals surface area (Å²) in [5.41, 5.74) is 1.99. The zero-order chi connectivity index (χ0) is 19.2. The molecule has 0 aliphatic carbocycles. The number of carbonyl (C=O) groups is 2. The first-order valence-corrected chi connectivity index (χ1v) is 9.15. The van der Waals surface area contributed by atoms with Gasteiger partial charge in [-0.25, -0.2) is 0 Å². The lowest BCUT2D eigenvalue weighted by Gasteiger charge is -2.14. The highest BCUT2D eigenvalue weighted by Gasteiger charge is 2.16. The molecule has 0 fully saturated rings. The van der Waals surface area contributed by atoms with Crippen LogP contribution in [0.3, 0.4) is 0 Å². The van der Waals surface area contributed by atoms with Gasteiger partial charge in [0.15, 0.2) is 11.5 Å². The van der Waals surface area contributed by atoms with Crippen LogP contribution in [0.5, 0.6) is 11.5 Å². The number of hydrogen-bond donors (Lipinski definition) is 2. The molecule has 0 bridgehead atoms. The lowest BCUT2D eigenvalue weighted by molar-refractivity contribution is -0.116. The molecule has 2 N–H and O–H groups in total. The van der Waals surface area contributed by atoms with Gasteiger partial charge in [0.25, 0.3) is 5.91 Å². The van der Waals surface area contributed by atoms with E-state index in [1.807, 2.05) is 32.0 Å². The van der Waals surface area contributed by atoms with Crippen molar-refractivity contribution in [1.29, 1.82) is 0 Å². The zero-order valence-corrected chi connectivity index (χ0v) is 15.6. The van der Waals surface area contributed by atoms with Crippen LogP contribution in [0.15, 0.2) is 42.5 Å². The summed E-state index contributed by atoms with van der Waals surface area (Å²) in [5, 5.41) is 5.77. The van der Waals surface area contributed by atoms with E-state index in [4.69, 9.17) is 9.47 Å². The second-order valence-electron chi connectivity index (χ2n) is 6.56. The summed E-state index contributed by atoms with van der Waals surface area (Å²) in [6.45, 7) is 4.19. The second-order valence-corrected chi connectivity index (χ2v) is 6.56. The van der Waals surface area contributed by atoms with Crippen molar-refractivity contribution in [3.05, 3.63) is 53.6 Å². The summed E-state index contributed by atoms with van der Waals surface area (Å²) in [7, 11) is 0. The number of fused-ring (bicyclic) bond motifs is 1. The third-order valence-electron chi connectivity index (χ3n) is 4.51. The Morgan fingerprint density at radius 1 is 1.11 bits per heavy atom. The number of nitrogens with one attached hydrogen (secondary N) is 2. The van der Waals surface area contributed by atoms with Gasteiger partial charge < -0.3 is 20.1 Å². The Morgan fingerprint density at radius 2 is 1.89 bits per heavy atom. The number of hydrogen-bond acceptors (Lipinski definition) is 4. The number of ether oxygens (including phenoxy) is 2. The predicted molar refractivity (Wildman–Crippen MR) is 103 cm³/mol. The maximum absolute atomic E-state index is 12.4. The van der Waals surface area contributed by atoms with Crippen LogP contribution in [0.1, 0.15) is 42.6 Å². The Hall–Kier alpha value is -3.02. The van der Waals surface area contributed by atoms with Crippen LogP contribution >= 0.6 is 0 Å². The van der Waals surface area contributed by atoms with Crippen LogP contribution in [-0.2, 0) is 11.2 Å². The minimum atomic E-state index is -0.184. The molecule has 0 saturated heterocycles. The number of para-hydroxylation sites is 1. The number of amides is 2. The standard InChI is InChI=1S/C21H24N2O4/c1-3-14(2)22-21(25)16-6-4-5-7-17(16)23-20(24)11-9-15-8-10-18-19(12-15)27-13-26-18/h4-8,10,12,14H,3,9,11,13H2,1-2H3,(H,22,25)(H,23,24)/t14-/m0/s1. The molecule has 0 spiro atoms. The summed E-state index contributed by atoms with van der Waals surface area (Å²) in [5.74, 6) is 1.11. The molecule has 0 aromatic heterocycles. The van der Waals surface area contributed by atoms with Crippen LogP contribution in [0, 0.1) is 0 Å². The van der Waals surface area contributed by atoms with Crippen molar-refractivity contribution in [3.8, 4) is 11.5 Å². The quantitative estimate of drug-likeness (QED) is 0.784. The van der Waals surface area contributed by atoms with E-state index in [1.165, 1.54) is 0 Å². The first-order valence-electron chi connectivity index (χ1n) is 9.15. The van der Waals surface area contributed by atoms with E-state index < -0.39 is 0 Å². The van der Waals surface area contributed by atoms with Gasteiger partial charge in [0.05, 0.1) is 11.3 Å². The van der Waals surface area contributed by atoms with Crippen LogP contribution in [-0.4, -0.2) is 24.6 Å². The molecule has 142 valence electrons. The molecule has 3 rings (SSSR count). The van der Waals surface area contributed by atoms with Gasteiger partial charge in [-0.2, -0.15) is 0 Å². The summed E-state index contributed by atoms with van der Waals surface area (Å²) in [4.78, 5) is 24.8. The maximum atomic E-state index is 12.4. The molecular formula is C21H24N2O4. The molecule has 1 heterocycles. The summed E-state index contributed by atoms with van der Waals surface area (Å²) < 4.78 is 10.6. The van der Waals surface area contributed by atoms with E-state index in [2.05, 4.69) is 10.6 Å². The average Bonchev–Trinajstić information content (AvgIpc) is 3.14. The van der Waals surface area contributed by atoms with Crippen molar-refractivity contribution in [2.45, 2.75) is 39.2 Å². The largest absolute Gasteiger partial charge is 0.454 e. The normalized spacial score (nSPS) is 13.1. The topological polar surface area (TPSA) is 76.7 Å². The molecule has 27 heavy (non-hydrogen) atoms. The van der Waals surface area contributed by atoms with Gasteiger partial charge in [0, 0.05) is 12.5 Å². The van der Waals surface area contributed by atoms with Gasteiger partial charge in [0.1, 0.15) is 0 Å². The third-order valence-corrected chi connectivity index (χ3v) is 4.51. The number of aryl methyl sites for hydroxylation is 1. The highest BCUT2D eigenvalue weighted by molar-refractivity contribution is 6.03. The summed E-state index contributed by atoms with van der Waals surface area (Å²) in [6, 6.07) is 12.8. The van der Waals surface area contributed by atoms with E-state index in [9.17, 15) is 9.59 Å². The van der Waals surface area contributed by atoms with Crippen LogP contribution < -0.4 is 20.1 Å². The van der Waals surface area contributed by atoms with Crippen molar-refractivity contribution in [3.63, 3.8) is 0 Å². The van der Waals surface area contributed by atoms with Crippen molar-refractivity contribution in [2.24, 2.45) is 0 Å². The van der Waals surface area contributed by atoms with Crippen molar-refractivity contribution < 1.29 is 19.1 Å². The van der Waals surface area contributed by atoms with Crippen LogP contribution in [0.4, 0.5) is 5.69 Å². The molecule has 1 aliphatic rings. The van der Waals surface area contributed by atoms with Crippen LogP contribution in [0.25, 0.3) is 0 Å². The van der Waals surface area contributed by atoms with Gasteiger partial charge >= 0.3 is 0 Å². The average molecular weight is 368 g/mol. The number of rotatable bonds is 7. The van der Waals surface area contributed by atoms with E-state index in [0.717, 1.165) is 17.7 Å². The highest BCUT2D eigenvalue weighted by atomic mass is 16.7. The monoisotopic (exact) mass is 368 g/mol. The Labute approximate surface area is 158 Å². The fraction of sp³-hybridized carbons (Fsp3) is 0.333. The molecule has 2 aromatic carbocycles. The summed E-state index contributed by atoms with van der Waals surface area (Å²) >= 11 is 0. The van der Waals surface area contributed by atoms with Crippen molar-refractivity contribution >= 4 is 17.5 Å². The third kappa shape index (κ3) is 4.78. The lowest BCUT2D eigenvalue weighted by atomic mass is 10.1. The first-order chi connectivity index (χ1) is 13.1. The molecule has 1 aliphatic heterocycles. The molecular weight excluding hydrogens is 344 g/mol. The molecule has 1 atom stereocenters. The maximum Gasteiger partial charge on any atom is 0.253 e. The molecule has 6 heteroatoms. The molecule has 2 aromatic rings. The smallest absolute Gasteiger partial charge is 0.253 e. The van der Waals surface area contributed by atoms with Crippen molar-refractivity contribution in [2.75, 3.05) is 12.1 Å². The minimum Gasteiger partial charge on any atom is -0.454 e. The first kappa shape index (κ1) is 18.8. The number of carbonyl (C=O) groups excluding carboxylic acids is 2. The number of benzene rings is 2. The zero-order valence-electron chi connectivity index (χ0n) is 15.6. The molecule has 2 amide bonds. The SMILES string of the molecule is CC[C@H](C)NC(=O)c1ccccc1NC(=O)CCc1ccc2c(c1)OCO2. The molecule has 0 unspecified atom stereocenters. The Balaban J connectivity index is 1.60. The molecule has 6 nitrogen and oxygen atoms in total. The van der Waals surface area contributed by atoms with E-state index in [1.54, 1.807) is 24.3 Å². The van der Waals surface area contributed by atoms with Crippen molar-refractivity contribution in [1.82, 2.24) is 5.32 Å².